The van der Waals surface area contributed by atoms with Gasteiger partial charge in [0, 0.05) is 16.5 Å². The van der Waals surface area contributed by atoms with Crippen LogP contribution >= 0.6 is 58.0 Å². The van der Waals surface area contributed by atoms with Gasteiger partial charge in [0.1, 0.15) is 0 Å². The van der Waals surface area contributed by atoms with E-state index in [4.69, 9.17) is 58.0 Å². The Morgan fingerprint density at radius 1 is 0.833 bits per heavy atom. The van der Waals surface area contributed by atoms with Gasteiger partial charge in [-0.15, -0.1) is 11.6 Å². The molecule has 0 bridgehead atoms. The minimum atomic E-state index is 0.315. The third-order valence-corrected chi connectivity index (χ3v) is 4.17. The molecule has 0 aliphatic carbocycles. The summed E-state index contributed by atoms with van der Waals surface area (Å²) in [4.78, 5) is 0. The van der Waals surface area contributed by atoms with Crippen molar-refractivity contribution in [3.05, 3.63) is 56.0 Å². The smallest absolute Gasteiger partial charge is 0.0685 e. The molecule has 2 aromatic rings. The molecule has 0 saturated heterocycles. The molecule has 94 valence electrons. The maximum Gasteiger partial charge on any atom is 0.0685 e. The summed E-state index contributed by atoms with van der Waals surface area (Å²) >= 11 is 30.3. The van der Waals surface area contributed by atoms with Crippen molar-refractivity contribution in [3.63, 3.8) is 0 Å². The van der Waals surface area contributed by atoms with Gasteiger partial charge in [0.05, 0.1) is 15.1 Å². The van der Waals surface area contributed by atoms with E-state index in [0.717, 1.165) is 11.1 Å². The van der Waals surface area contributed by atoms with Gasteiger partial charge in [0.2, 0.25) is 0 Å². The molecule has 2 rings (SSSR count). The predicted octanol–water partition coefficient (Wildman–Crippen LogP) is 6.71. The molecule has 0 spiro atoms. The topological polar surface area (TPSA) is 0 Å². The standard InChI is InChI=1S/C13H7Cl5/c14-6-7-5-8(15)1-2-9(7)12-10(16)3-4-11(17)13(12)18/h1-5H,6H2. The van der Waals surface area contributed by atoms with Gasteiger partial charge in [-0.1, -0.05) is 52.5 Å². The number of hydrogen-bond donors (Lipinski definition) is 0. The van der Waals surface area contributed by atoms with Crippen molar-refractivity contribution in [1.82, 2.24) is 0 Å². The predicted molar refractivity (Wildman–Crippen MR) is 81.5 cm³/mol. The SMILES string of the molecule is ClCc1cc(Cl)ccc1-c1c(Cl)ccc(Cl)c1Cl. The number of alkyl halides is 1. The van der Waals surface area contributed by atoms with Gasteiger partial charge >= 0.3 is 0 Å². The first-order valence-electron chi connectivity index (χ1n) is 5.03. The van der Waals surface area contributed by atoms with E-state index in [-0.39, 0.29) is 0 Å². The first-order valence-corrected chi connectivity index (χ1v) is 7.07. The minimum absolute atomic E-state index is 0.315. The maximum absolute atomic E-state index is 6.21. The zero-order valence-electron chi connectivity index (χ0n) is 8.98. The van der Waals surface area contributed by atoms with Crippen LogP contribution in [0.1, 0.15) is 5.56 Å². The zero-order chi connectivity index (χ0) is 13.3. The normalized spacial score (nSPS) is 10.7. The first kappa shape index (κ1) is 14.3. The fourth-order valence-electron chi connectivity index (χ4n) is 1.69. The molecule has 0 aliphatic rings. The van der Waals surface area contributed by atoms with Crippen LogP contribution in [0.3, 0.4) is 0 Å². The highest BCUT2D eigenvalue weighted by atomic mass is 35.5. The zero-order valence-corrected chi connectivity index (χ0v) is 12.8. The van der Waals surface area contributed by atoms with Gasteiger partial charge in [-0.2, -0.15) is 0 Å². The largest absolute Gasteiger partial charge is 0.122 e. The van der Waals surface area contributed by atoms with E-state index in [9.17, 15) is 0 Å². The molecule has 0 heterocycles. The van der Waals surface area contributed by atoms with Crippen molar-refractivity contribution >= 4 is 58.0 Å². The molecule has 0 N–H and O–H groups in total. The molecule has 0 amide bonds. The molecular formula is C13H7Cl5. The number of halogens is 5. The highest BCUT2D eigenvalue weighted by Crippen LogP contribution is 2.41. The molecule has 5 heteroatoms. The van der Waals surface area contributed by atoms with Crippen LogP contribution in [0.2, 0.25) is 20.1 Å². The summed E-state index contributed by atoms with van der Waals surface area (Å²) in [5, 5.41) is 2.01. The second-order valence-corrected chi connectivity index (χ2v) is 5.55. The second-order valence-electron chi connectivity index (χ2n) is 3.65. The van der Waals surface area contributed by atoms with Crippen LogP contribution in [-0.4, -0.2) is 0 Å². The van der Waals surface area contributed by atoms with Crippen LogP contribution < -0.4 is 0 Å². The summed E-state index contributed by atoms with van der Waals surface area (Å²) < 4.78 is 0. The van der Waals surface area contributed by atoms with E-state index in [2.05, 4.69) is 0 Å². The molecule has 0 saturated carbocycles. The monoisotopic (exact) mass is 338 g/mol. The molecule has 0 aromatic heterocycles. The Kier molecular flexibility index (Phi) is 4.69. The van der Waals surface area contributed by atoms with Crippen molar-refractivity contribution in [2.45, 2.75) is 5.88 Å². The molecule has 0 fully saturated rings. The van der Waals surface area contributed by atoms with Crippen LogP contribution in [0.25, 0.3) is 11.1 Å². The molecule has 0 aliphatic heterocycles. The van der Waals surface area contributed by atoms with Crippen molar-refractivity contribution < 1.29 is 0 Å². The lowest BCUT2D eigenvalue weighted by Crippen LogP contribution is -1.89. The van der Waals surface area contributed by atoms with Crippen LogP contribution in [0.15, 0.2) is 30.3 Å². The van der Waals surface area contributed by atoms with Gasteiger partial charge in [0.15, 0.2) is 0 Å². The molecule has 0 radical (unpaired) electrons. The summed E-state index contributed by atoms with van der Waals surface area (Å²) in [7, 11) is 0. The van der Waals surface area contributed by atoms with Gasteiger partial charge in [0.25, 0.3) is 0 Å². The van der Waals surface area contributed by atoms with E-state index in [1.165, 1.54) is 0 Å². The number of benzene rings is 2. The third-order valence-electron chi connectivity index (χ3n) is 2.52. The Morgan fingerprint density at radius 2 is 1.50 bits per heavy atom. The Labute approximate surface area is 130 Å². The lowest BCUT2D eigenvalue weighted by Gasteiger charge is -2.12. The van der Waals surface area contributed by atoms with E-state index < -0.39 is 0 Å². The van der Waals surface area contributed by atoms with Gasteiger partial charge in [-0.3, -0.25) is 0 Å². The van der Waals surface area contributed by atoms with E-state index in [1.807, 2.05) is 6.07 Å². The fourth-order valence-corrected chi connectivity index (χ4v) is 2.84. The molecular weight excluding hydrogens is 333 g/mol. The summed E-state index contributed by atoms with van der Waals surface area (Å²) in [5.41, 5.74) is 2.38. The van der Waals surface area contributed by atoms with Crippen LogP contribution in [0, 0.1) is 0 Å². The van der Waals surface area contributed by atoms with Gasteiger partial charge in [-0.05, 0) is 35.4 Å². The highest BCUT2D eigenvalue weighted by Gasteiger charge is 2.15. The number of hydrogen-bond acceptors (Lipinski definition) is 0. The molecule has 0 nitrogen and oxygen atoms in total. The van der Waals surface area contributed by atoms with E-state index in [1.54, 1.807) is 24.3 Å². The summed E-state index contributed by atoms with van der Waals surface area (Å²) in [5.74, 6) is 0.315. The van der Waals surface area contributed by atoms with E-state index >= 15 is 0 Å². The Balaban J connectivity index is 2.73. The van der Waals surface area contributed by atoms with Crippen molar-refractivity contribution in [2.75, 3.05) is 0 Å². The average Bonchev–Trinajstić information content (AvgIpc) is 2.36. The molecule has 0 atom stereocenters. The minimum Gasteiger partial charge on any atom is -0.122 e. The molecule has 2 aromatic carbocycles. The third kappa shape index (κ3) is 2.74. The fraction of sp³-hybridized carbons (Fsp3) is 0.0769. The van der Waals surface area contributed by atoms with Gasteiger partial charge in [-0.25, -0.2) is 0 Å². The Morgan fingerprint density at radius 3 is 2.17 bits per heavy atom. The maximum atomic E-state index is 6.21. The van der Waals surface area contributed by atoms with Crippen molar-refractivity contribution in [3.8, 4) is 11.1 Å². The quantitative estimate of drug-likeness (QED) is 0.421. The molecule has 18 heavy (non-hydrogen) atoms. The van der Waals surface area contributed by atoms with Crippen LogP contribution in [0.4, 0.5) is 0 Å². The van der Waals surface area contributed by atoms with Gasteiger partial charge < -0.3 is 0 Å². The summed E-state index contributed by atoms with van der Waals surface area (Å²) in [6, 6.07) is 8.76. The summed E-state index contributed by atoms with van der Waals surface area (Å²) in [6.07, 6.45) is 0. The molecule has 0 unspecified atom stereocenters. The second kappa shape index (κ2) is 5.90. The van der Waals surface area contributed by atoms with Crippen molar-refractivity contribution in [2.24, 2.45) is 0 Å². The summed E-state index contributed by atoms with van der Waals surface area (Å²) in [6.45, 7) is 0. The lowest BCUT2D eigenvalue weighted by molar-refractivity contribution is 1.40. The lowest BCUT2D eigenvalue weighted by atomic mass is 10.0. The first-order chi connectivity index (χ1) is 8.54. The Hall–Kier alpha value is -0.110. The number of rotatable bonds is 2. The van der Waals surface area contributed by atoms with Crippen LogP contribution in [0.5, 0.6) is 0 Å². The average molecular weight is 340 g/mol. The highest BCUT2D eigenvalue weighted by molar-refractivity contribution is 6.46. The van der Waals surface area contributed by atoms with Crippen LogP contribution in [-0.2, 0) is 5.88 Å². The Bertz CT molecular complexity index is 592. The van der Waals surface area contributed by atoms with E-state index in [0.29, 0.717) is 31.5 Å². The van der Waals surface area contributed by atoms with Crippen molar-refractivity contribution in [1.29, 1.82) is 0 Å².